The summed E-state index contributed by atoms with van der Waals surface area (Å²) >= 11 is 0. The fraction of sp³-hybridized carbons (Fsp3) is 0.417. The lowest BCUT2D eigenvalue weighted by molar-refractivity contribution is -0.138. The summed E-state index contributed by atoms with van der Waals surface area (Å²) in [6, 6.07) is 4.38. The SMILES string of the molecule is CNc1nc(Nc2nc(C(C)C)nc3c2CCN(c2ncccc2C(F)(F)F)CC3)ccc1C(F)(F)F. The van der Waals surface area contributed by atoms with Crippen LogP contribution in [0.1, 0.15) is 48.0 Å². The molecule has 1 aliphatic heterocycles. The summed E-state index contributed by atoms with van der Waals surface area (Å²) in [6.45, 7) is 4.26. The van der Waals surface area contributed by atoms with Crippen molar-refractivity contribution in [3.8, 4) is 0 Å². The number of alkyl halides is 6. The minimum absolute atomic E-state index is 0.0636. The van der Waals surface area contributed by atoms with Gasteiger partial charge in [-0.25, -0.2) is 19.9 Å². The number of nitrogens with zero attached hydrogens (tertiary/aromatic N) is 5. The van der Waals surface area contributed by atoms with Gasteiger partial charge in [0.2, 0.25) is 0 Å². The van der Waals surface area contributed by atoms with E-state index in [9.17, 15) is 26.3 Å². The van der Waals surface area contributed by atoms with Crippen molar-refractivity contribution in [2.75, 3.05) is 35.7 Å². The van der Waals surface area contributed by atoms with Crippen LogP contribution in [0.3, 0.4) is 0 Å². The molecule has 4 rings (SSSR count). The molecule has 0 radical (unpaired) electrons. The summed E-state index contributed by atoms with van der Waals surface area (Å²) in [6.07, 6.45) is -7.18. The Balaban J connectivity index is 1.69. The zero-order chi connectivity index (χ0) is 27.0. The van der Waals surface area contributed by atoms with Crippen molar-refractivity contribution in [2.45, 2.75) is 45.0 Å². The molecule has 198 valence electrons. The van der Waals surface area contributed by atoms with Gasteiger partial charge < -0.3 is 15.5 Å². The molecule has 0 saturated heterocycles. The number of hydrogen-bond acceptors (Lipinski definition) is 7. The Morgan fingerprint density at radius 3 is 2.22 bits per heavy atom. The first-order valence-electron chi connectivity index (χ1n) is 11.6. The number of hydrogen-bond donors (Lipinski definition) is 2. The van der Waals surface area contributed by atoms with Crippen LogP contribution in [0, 0.1) is 0 Å². The van der Waals surface area contributed by atoms with Crippen LogP contribution in [-0.4, -0.2) is 40.1 Å². The number of nitrogens with one attached hydrogen (secondary N) is 2. The van der Waals surface area contributed by atoms with Gasteiger partial charge >= 0.3 is 12.4 Å². The average Bonchev–Trinajstić information content (AvgIpc) is 3.05. The molecular formula is C24H25F6N7. The molecule has 0 bridgehead atoms. The van der Waals surface area contributed by atoms with Gasteiger partial charge in [-0.1, -0.05) is 13.8 Å². The molecule has 0 aliphatic carbocycles. The van der Waals surface area contributed by atoms with Gasteiger partial charge in [0.05, 0.1) is 16.8 Å². The molecular weight excluding hydrogens is 500 g/mol. The van der Waals surface area contributed by atoms with E-state index in [-0.39, 0.29) is 36.5 Å². The van der Waals surface area contributed by atoms with Crippen molar-refractivity contribution in [3.63, 3.8) is 0 Å². The van der Waals surface area contributed by atoms with E-state index in [4.69, 9.17) is 0 Å². The second-order valence-corrected chi connectivity index (χ2v) is 8.84. The monoisotopic (exact) mass is 525 g/mol. The number of halogens is 6. The molecule has 3 aromatic heterocycles. The lowest BCUT2D eigenvalue weighted by Gasteiger charge is -2.24. The number of aromatic nitrogens is 4. The maximum atomic E-state index is 13.6. The Kier molecular flexibility index (Phi) is 7.16. The van der Waals surface area contributed by atoms with Crippen LogP contribution in [0.2, 0.25) is 0 Å². The highest BCUT2D eigenvalue weighted by molar-refractivity contribution is 5.62. The molecule has 1 aliphatic rings. The maximum absolute atomic E-state index is 13.6. The Labute approximate surface area is 209 Å². The largest absolute Gasteiger partial charge is 0.419 e. The molecule has 0 fully saturated rings. The normalized spacial score (nSPS) is 14.4. The van der Waals surface area contributed by atoms with Crippen LogP contribution in [0.4, 0.5) is 49.6 Å². The van der Waals surface area contributed by atoms with Crippen molar-refractivity contribution in [1.82, 2.24) is 19.9 Å². The summed E-state index contributed by atoms with van der Waals surface area (Å²) < 4.78 is 80.6. The van der Waals surface area contributed by atoms with E-state index in [1.165, 1.54) is 25.4 Å². The predicted molar refractivity (Wildman–Crippen MR) is 127 cm³/mol. The summed E-state index contributed by atoms with van der Waals surface area (Å²) in [5.41, 5.74) is -0.392. The lowest BCUT2D eigenvalue weighted by Crippen LogP contribution is -2.29. The van der Waals surface area contributed by atoms with Crippen LogP contribution in [0.25, 0.3) is 0 Å². The summed E-state index contributed by atoms with van der Waals surface area (Å²) in [7, 11) is 1.34. The molecule has 0 saturated carbocycles. The van der Waals surface area contributed by atoms with Gasteiger partial charge in [0, 0.05) is 44.2 Å². The smallest absolute Gasteiger partial charge is 0.373 e. The van der Waals surface area contributed by atoms with Gasteiger partial charge in [0.25, 0.3) is 0 Å². The summed E-state index contributed by atoms with van der Waals surface area (Å²) in [4.78, 5) is 18.9. The zero-order valence-corrected chi connectivity index (χ0v) is 20.3. The second-order valence-electron chi connectivity index (χ2n) is 8.84. The van der Waals surface area contributed by atoms with E-state index in [2.05, 4.69) is 30.6 Å². The predicted octanol–water partition coefficient (Wildman–Crippen LogP) is 5.82. The van der Waals surface area contributed by atoms with Crippen molar-refractivity contribution in [2.24, 2.45) is 0 Å². The Morgan fingerprint density at radius 2 is 1.57 bits per heavy atom. The van der Waals surface area contributed by atoms with Gasteiger partial charge in [-0.15, -0.1) is 0 Å². The molecule has 0 spiro atoms. The number of pyridine rings is 2. The van der Waals surface area contributed by atoms with Crippen molar-refractivity contribution in [1.29, 1.82) is 0 Å². The third-order valence-corrected chi connectivity index (χ3v) is 5.95. The Bertz CT molecular complexity index is 1270. The minimum atomic E-state index is -4.58. The highest BCUT2D eigenvalue weighted by Crippen LogP contribution is 2.37. The second kappa shape index (κ2) is 10.0. The van der Waals surface area contributed by atoms with E-state index in [0.29, 0.717) is 35.7 Å². The minimum Gasteiger partial charge on any atom is -0.373 e. The van der Waals surface area contributed by atoms with Crippen LogP contribution < -0.4 is 15.5 Å². The van der Waals surface area contributed by atoms with Gasteiger partial charge in [-0.05, 0) is 30.7 Å². The van der Waals surface area contributed by atoms with Gasteiger partial charge in [0.15, 0.2) is 0 Å². The van der Waals surface area contributed by atoms with Crippen LogP contribution in [0.15, 0.2) is 30.5 Å². The highest BCUT2D eigenvalue weighted by Gasteiger charge is 2.36. The Hall–Kier alpha value is -3.64. The van der Waals surface area contributed by atoms with Crippen LogP contribution in [-0.2, 0) is 25.2 Å². The van der Waals surface area contributed by atoms with E-state index in [1.54, 1.807) is 4.90 Å². The molecule has 13 heteroatoms. The third kappa shape index (κ3) is 5.70. The molecule has 2 N–H and O–H groups in total. The fourth-order valence-electron chi connectivity index (χ4n) is 4.13. The van der Waals surface area contributed by atoms with Crippen molar-refractivity contribution >= 4 is 23.3 Å². The first kappa shape index (κ1) is 26.4. The standard InChI is InChI=1S/C24H25F6N7/c1-13(2)19-33-17-9-12-37(22-16(24(28,29)30)5-4-10-32-22)11-8-14(17)20(36-19)34-18-7-6-15(23(25,26)27)21(31-3)35-18/h4-7,10,13H,8-9,11-12H2,1-3H3,(H2,31,33,34,35,36). The molecule has 0 aromatic carbocycles. The van der Waals surface area contributed by atoms with E-state index < -0.39 is 23.5 Å². The molecule has 3 aromatic rings. The van der Waals surface area contributed by atoms with E-state index in [0.717, 1.165) is 12.1 Å². The first-order chi connectivity index (χ1) is 17.4. The van der Waals surface area contributed by atoms with Crippen molar-refractivity contribution in [3.05, 3.63) is 58.7 Å². The third-order valence-electron chi connectivity index (χ3n) is 5.95. The Morgan fingerprint density at radius 1 is 0.865 bits per heavy atom. The molecule has 37 heavy (non-hydrogen) atoms. The van der Waals surface area contributed by atoms with Gasteiger partial charge in [-0.2, -0.15) is 26.3 Å². The summed E-state index contributed by atoms with van der Waals surface area (Å²) in [5, 5.41) is 5.48. The topological polar surface area (TPSA) is 78.9 Å². The molecule has 0 unspecified atom stereocenters. The first-order valence-corrected chi connectivity index (χ1v) is 11.6. The maximum Gasteiger partial charge on any atom is 0.419 e. The van der Waals surface area contributed by atoms with Crippen LogP contribution >= 0.6 is 0 Å². The molecule has 7 nitrogen and oxygen atoms in total. The molecule has 4 heterocycles. The quantitative estimate of drug-likeness (QED) is 0.407. The highest BCUT2D eigenvalue weighted by atomic mass is 19.4. The number of rotatable bonds is 5. The average molecular weight is 526 g/mol. The fourth-order valence-corrected chi connectivity index (χ4v) is 4.13. The van der Waals surface area contributed by atoms with Crippen molar-refractivity contribution < 1.29 is 26.3 Å². The van der Waals surface area contributed by atoms with Crippen LogP contribution in [0.5, 0.6) is 0 Å². The summed E-state index contributed by atoms with van der Waals surface area (Å²) in [5.74, 6) is 0.441. The zero-order valence-electron chi connectivity index (χ0n) is 20.3. The number of fused-ring (bicyclic) bond motifs is 1. The van der Waals surface area contributed by atoms with Gasteiger partial charge in [-0.3, -0.25) is 0 Å². The lowest BCUT2D eigenvalue weighted by atomic mass is 10.1. The number of anilines is 4. The molecule has 0 amide bonds. The molecule has 0 atom stereocenters. The van der Waals surface area contributed by atoms with E-state index >= 15 is 0 Å². The van der Waals surface area contributed by atoms with E-state index in [1.807, 2.05) is 13.8 Å². The van der Waals surface area contributed by atoms with Gasteiger partial charge in [0.1, 0.15) is 29.1 Å².